The van der Waals surface area contributed by atoms with Crippen molar-refractivity contribution in [3.63, 3.8) is 0 Å². The molecule has 134 valence electrons. The molecule has 3 heterocycles. The third-order valence-electron chi connectivity index (χ3n) is 4.19. The maximum absolute atomic E-state index is 12.4. The standard InChI is InChI=1S/C17H22N4O4/c1-12-6-14(25-9-12)16(23)21-5-4-17(2,11-21)19-15(22)10-24-13-7-18-20(3)8-13/h6-9H,4-5,10-11H2,1-3H3,(H,19,22). The zero-order valence-corrected chi connectivity index (χ0v) is 14.6. The van der Waals surface area contributed by atoms with Gasteiger partial charge in [0.05, 0.1) is 24.2 Å². The van der Waals surface area contributed by atoms with Gasteiger partial charge in [0.1, 0.15) is 0 Å². The maximum atomic E-state index is 12.4. The van der Waals surface area contributed by atoms with Gasteiger partial charge in [-0.3, -0.25) is 14.3 Å². The summed E-state index contributed by atoms with van der Waals surface area (Å²) in [5.74, 6) is 0.486. The number of furan rings is 1. The fourth-order valence-electron chi connectivity index (χ4n) is 2.93. The van der Waals surface area contributed by atoms with E-state index >= 15 is 0 Å². The summed E-state index contributed by atoms with van der Waals surface area (Å²) in [5.41, 5.74) is 0.429. The fraction of sp³-hybridized carbons (Fsp3) is 0.471. The second-order valence-corrected chi connectivity index (χ2v) is 6.71. The molecule has 2 amide bonds. The SMILES string of the molecule is Cc1coc(C(=O)N2CCC(C)(NC(=O)COc3cnn(C)c3)C2)c1. The normalized spacial score (nSPS) is 19.9. The number of nitrogens with one attached hydrogen (secondary N) is 1. The van der Waals surface area contributed by atoms with E-state index in [1.54, 1.807) is 41.4 Å². The zero-order valence-electron chi connectivity index (χ0n) is 14.6. The van der Waals surface area contributed by atoms with Gasteiger partial charge in [0.2, 0.25) is 0 Å². The van der Waals surface area contributed by atoms with Crippen molar-refractivity contribution in [2.24, 2.45) is 7.05 Å². The molecule has 8 heteroatoms. The van der Waals surface area contributed by atoms with E-state index in [4.69, 9.17) is 9.15 Å². The molecule has 1 aliphatic heterocycles. The summed E-state index contributed by atoms with van der Waals surface area (Å²) >= 11 is 0. The molecule has 25 heavy (non-hydrogen) atoms. The predicted octanol–water partition coefficient (Wildman–Crippen LogP) is 1.12. The number of carbonyl (C=O) groups is 2. The number of hydrogen-bond donors (Lipinski definition) is 1. The Hall–Kier alpha value is -2.77. The van der Waals surface area contributed by atoms with Gasteiger partial charge < -0.3 is 19.4 Å². The minimum atomic E-state index is -0.479. The second kappa shape index (κ2) is 6.62. The van der Waals surface area contributed by atoms with Gasteiger partial charge in [0.25, 0.3) is 11.8 Å². The Morgan fingerprint density at radius 1 is 1.48 bits per heavy atom. The van der Waals surface area contributed by atoms with Gasteiger partial charge in [-0.25, -0.2) is 0 Å². The van der Waals surface area contributed by atoms with E-state index in [0.29, 0.717) is 31.0 Å². The topological polar surface area (TPSA) is 89.6 Å². The van der Waals surface area contributed by atoms with Gasteiger partial charge in [-0.15, -0.1) is 0 Å². The van der Waals surface area contributed by atoms with Crippen LogP contribution >= 0.6 is 0 Å². The Morgan fingerprint density at radius 2 is 2.28 bits per heavy atom. The number of nitrogens with zero attached hydrogens (tertiary/aromatic N) is 3. The lowest BCUT2D eigenvalue weighted by molar-refractivity contribution is -0.124. The molecular formula is C17H22N4O4. The Labute approximate surface area is 145 Å². The molecule has 3 rings (SSSR count). The van der Waals surface area contributed by atoms with Crippen LogP contribution < -0.4 is 10.1 Å². The van der Waals surface area contributed by atoms with Gasteiger partial charge in [0, 0.05) is 20.1 Å². The quantitative estimate of drug-likeness (QED) is 0.876. The predicted molar refractivity (Wildman–Crippen MR) is 89.2 cm³/mol. The molecule has 0 spiro atoms. The summed E-state index contributed by atoms with van der Waals surface area (Å²) in [6.45, 7) is 4.71. The van der Waals surface area contributed by atoms with Crippen LogP contribution in [0.15, 0.2) is 29.1 Å². The average Bonchev–Trinajstić information content (AvgIpc) is 3.25. The molecule has 1 fully saturated rings. The molecule has 0 saturated carbocycles. The Balaban J connectivity index is 1.52. The van der Waals surface area contributed by atoms with Crippen LogP contribution in [0, 0.1) is 6.92 Å². The molecule has 0 radical (unpaired) electrons. The van der Waals surface area contributed by atoms with Crippen molar-refractivity contribution < 1.29 is 18.7 Å². The van der Waals surface area contributed by atoms with Crippen LogP contribution in [0.1, 0.15) is 29.5 Å². The molecular weight excluding hydrogens is 324 g/mol. The Kier molecular flexibility index (Phi) is 4.52. The lowest BCUT2D eigenvalue weighted by Crippen LogP contribution is -2.50. The van der Waals surface area contributed by atoms with Crippen molar-refractivity contribution >= 4 is 11.8 Å². The van der Waals surface area contributed by atoms with Crippen molar-refractivity contribution in [2.75, 3.05) is 19.7 Å². The molecule has 1 N–H and O–H groups in total. The summed E-state index contributed by atoms with van der Waals surface area (Å²) in [4.78, 5) is 26.3. The highest BCUT2D eigenvalue weighted by molar-refractivity contribution is 5.92. The fourth-order valence-corrected chi connectivity index (χ4v) is 2.93. The van der Waals surface area contributed by atoms with Gasteiger partial charge in [0.15, 0.2) is 18.1 Å². The molecule has 1 unspecified atom stereocenters. The summed E-state index contributed by atoms with van der Waals surface area (Å²) in [7, 11) is 1.78. The van der Waals surface area contributed by atoms with Crippen molar-refractivity contribution in [3.8, 4) is 5.75 Å². The zero-order chi connectivity index (χ0) is 18.0. The van der Waals surface area contributed by atoms with Crippen LogP contribution in [0.4, 0.5) is 0 Å². The Bertz CT molecular complexity index is 781. The number of carbonyl (C=O) groups excluding carboxylic acids is 2. The number of rotatable bonds is 5. The summed E-state index contributed by atoms with van der Waals surface area (Å²) < 4.78 is 12.3. The number of aryl methyl sites for hydroxylation is 2. The van der Waals surface area contributed by atoms with Crippen LogP contribution in [-0.4, -0.2) is 51.7 Å². The molecule has 0 aliphatic carbocycles. The first kappa shape index (κ1) is 17.1. The monoisotopic (exact) mass is 346 g/mol. The van der Waals surface area contributed by atoms with Crippen molar-refractivity contribution in [3.05, 3.63) is 36.0 Å². The van der Waals surface area contributed by atoms with Gasteiger partial charge in [-0.05, 0) is 31.9 Å². The van der Waals surface area contributed by atoms with E-state index in [1.807, 2.05) is 13.8 Å². The van der Waals surface area contributed by atoms with Crippen LogP contribution in [0.25, 0.3) is 0 Å². The lowest BCUT2D eigenvalue weighted by Gasteiger charge is -2.25. The molecule has 0 bridgehead atoms. The number of hydrogen-bond acceptors (Lipinski definition) is 5. The molecule has 2 aromatic rings. The summed E-state index contributed by atoms with van der Waals surface area (Å²) in [6.07, 6.45) is 5.48. The lowest BCUT2D eigenvalue weighted by atomic mass is 10.0. The third kappa shape index (κ3) is 4.01. The molecule has 1 atom stereocenters. The first-order valence-corrected chi connectivity index (χ1v) is 8.11. The first-order valence-electron chi connectivity index (χ1n) is 8.11. The number of aromatic nitrogens is 2. The van der Waals surface area contributed by atoms with E-state index in [0.717, 1.165) is 5.56 Å². The van der Waals surface area contributed by atoms with Crippen molar-refractivity contribution in [1.82, 2.24) is 20.0 Å². The van der Waals surface area contributed by atoms with E-state index < -0.39 is 5.54 Å². The van der Waals surface area contributed by atoms with Crippen LogP contribution in [0.5, 0.6) is 5.75 Å². The second-order valence-electron chi connectivity index (χ2n) is 6.71. The van der Waals surface area contributed by atoms with E-state index in [-0.39, 0.29) is 18.4 Å². The summed E-state index contributed by atoms with van der Waals surface area (Å²) in [5, 5.41) is 6.94. The minimum Gasteiger partial charge on any atom is -0.480 e. The Morgan fingerprint density at radius 3 is 2.92 bits per heavy atom. The van der Waals surface area contributed by atoms with E-state index in [9.17, 15) is 9.59 Å². The third-order valence-corrected chi connectivity index (χ3v) is 4.19. The molecule has 1 aliphatic rings. The van der Waals surface area contributed by atoms with Gasteiger partial charge in [-0.2, -0.15) is 5.10 Å². The van der Waals surface area contributed by atoms with Gasteiger partial charge in [-0.1, -0.05) is 0 Å². The van der Waals surface area contributed by atoms with Crippen LogP contribution in [0.3, 0.4) is 0 Å². The summed E-state index contributed by atoms with van der Waals surface area (Å²) in [6, 6.07) is 1.72. The van der Waals surface area contributed by atoms with Crippen molar-refractivity contribution in [2.45, 2.75) is 25.8 Å². The minimum absolute atomic E-state index is 0.0907. The molecule has 2 aromatic heterocycles. The molecule has 0 aromatic carbocycles. The van der Waals surface area contributed by atoms with Crippen molar-refractivity contribution in [1.29, 1.82) is 0 Å². The largest absolute Gasteiger partial charge is 0.480 e. The van der Waals surface area contributed by atoms with Crippen LogP contribution in [0.2, 0.25) is 0 Å². The molecule has 8 nitrogen and oxygen atoms in total. The molecule has 1 saturated heterocycles. The average molecular weight is 346 g/mol. The van der Waals surface area contributed by atoms with Gasteiger partial charge >= 0.3 is 0 Å². The number of amides is 2. The highest BCUT2D eigenvalue weighted by atomic mass is 16.5. The smallest absolute Gasteiger partial charge is 0.289 e. The van der Waals surface area contributed by atoms with E-state index in [2.05, 4.69) is 10.4 Å². The number of ether oxygens (including phenoxy) is 1. The van der Waals surface area contributed by atoms with Crippen LogP contribution in [-0.2, 0) is 11.8 Å². The first-order chi connectivity index (χ1) is 11.8. The highest BCUT2D eigenvalue weighted by Crippen LogP contribution is 2.23. The maximum Gasteiger partial charge on any atom is 0.289 e. The number of likely N-dealkylation sites (tertiary alicyclic amines) is 1. The van der Waals surface area contributed by atoms with E-state index in [1.165, 1.54) is 0 Å². The highest BCUT2D eigenvalue weighted by Gasteiger charge is 2.38.